The van der Waals surface area contributed by atoms with Gasteiger partial charge < -0.3 is 10.2 Å². The number of alkyl halides is 1. The number of ketones is 2. The smallest absolute Gasteiger partial charge is 0.330 e. The third kappa shape index (κ3) is 1.88. The molecule has 0 spiro atoms. The van der Waals surface area contributed by atoms with Crippen LogP contribution in [0.25, 0.3) is 0 Å². The van der Waals surface area contributed by atoms with Crippen molar-refractivity contribution in [3.63, 3.8) is 0 Å². The molecule has 0 saturated heterocycles. The summed E-state index contributed by atoms with van der Waals surface area (Å²) in [4.78, 5) is 45.7. The maximum Gasteiger partial charge on any atom is 0.330 e. The van der Waals surface area contributed by atoms with Gasteiger partial charge in [-0.15, -0.1) is 0 Å². The van der Waals surface area contributed by atoms with Gasteiger partial charge in [-0.25, -0.2) is 4.79 Å². The number of carbonyl (C=O) groups excluding carboxylic acids is 2. The molecule has 0 saturated carbocycles. The molecule has 0 amide bonds. The lowest BCUT2D eigenvalue weighted by Crippen LogP contribution is -2.50. The zero-order valence-electron chi connectivity index (χ0n) is 11.4. The van der Waals surface area contributed by atoms with Crippen LogP contribution < -0.4 is 0 Å². The van der Waals surface area contributed by atoms with Crippen LogP contribution in [0.3, 0.4) is 0 Å². The van der Waals surface area contributed by atoms with E-state index in [0.717, 1.165) is 12.2 Å². The zero-order chi connectivity index (χ0) is 16.9. The summed E-state index contributed by atoms with van der Waals surface area (Å²) < 4.78 is 0. The molecule has 0 heterocycles. The van der Waals surface area contributed by atoms with E-state index in [4.69, 9.17) is 11.6 Å². The molecule has 0 fully saturated rings. The van der Waals surface area contributed by atoms with E-state index in [1.807, 2.05) is 0 Å². The van der Waals surface area contributed by atoms with Gasteiger partial charge in [-0.05, 0) is 0 Å². The van der Waals surface area contributed by atoms with Crippen LogP contribution in [0.15, 0.2) is 47.6 Å². The van der Waals surface area contributed by atoms with Crippen molar-refractivity contribution in [1.82, 2.24) is 0 Å². The first-order chi connectivity index (χ1) is 10.8. The first-order valence-corrected chi connectivity index (χ1v) is 6.94. The highest BCUT2D eigenvalue weighted by atomic mass is 35.5. The number of benzene rings is 1. The fourth-order valence-corrected chi connectivity index (χ4v) is 3.24. The second kappa shape index (κ2) is 4.89. The highest BCUT2D eigenvalue weighted by Crippen LogP contribution is 2.45. The van der Waals surface area contributed by atoms with E-state index in [1.165, 1.54) is 18.2 Å². The number of hydrogen-bond acceptors (Lipinski definition) is 4. The lowest BCUT2D eigenvalue weighted by Gasteiger charge is -2.35. The Hall–Kier alpha value is -2.73. The highest BCUT2D eigenvalue weighted by molar-refractivity contribution is 6.44. The average molecular weight is 333 g/mol. The van der Waals surface area contributed by atoms with E-state index >= 15 is 0 Å². The van der Waals surface area contributed by atoms with E-state index < -0.39 is 39.9 Å². The van der Waals surface area contributed by atoms with E-state index in [-0.39, 0.29) is 16.7 Å². The summed E-state index contributed by atoms with van der Waals surface area (Å²) in [5.41, 5.74) is -0.519. The van der Waals surface area contributed by atoms with Crippen molar-refractivity contribution in [3.05, 3.63) is 58.7 Å². The maximum absolute atomic E-state index is 12.7. The summed E-state index contributed by atoms with van der Waals surface area (Å²) in [7, 11) is 0. The van der Waals surface area contributed by atoms with Crippen LogP contribution >= 0.6 is 11.6 Å². The third-order valence-corrected chi connectivity index (χ3v) is 4.57. The van der Waals surface area contributed by atoms with Gasteiger partial charge in [0.15, 0.2) is 16.4 Å². The Balaban J connectivity index is 2.32. The standard InChI is InChI=1S/C16H9ClO6/c17-16(15(22)23)10(14(20)21)6-5-9-11(16)13(19)8-4-2-1-3-7(8)12(9)18/h1-6,10H,(H,20,21)(H,22,23). The van der Waals surface area contributed by atoms with Crippen LogP contribution in [0.5, 0.6) is 0 Å². The predicted molar refractivity (Wildman–Crippen MR) is 78.6 cm³/mol. The summed E-state index contributed by atoms with van der Waals surface area (Å²) in [5.74, 6) is -6.15. The summed E-state index contributed by atoms with van der Waals surface area (Å²) in [5, 5.41) is 18.7. The number of fused-ring (bicyclic) bond motifs is 1. The van der Waals surface area contributed by atoms with Crippen molar-refractivity contribution in [2.24, 2.45) is 5.92 Å². The number of aliphatic carboxylic acids is 2. The molecule has 2 aliphatic carbocycles. The molecule has 2 N–H and O–H groups in total. The molecule has 2 aliphatic rings. The third-order valence-electron chi connectivity index (χ3n) is 3.98. The maximum atomic E-state index is 12.7. The monoisotopic (exact) mass is 332 g/mol. The number of allylic oxidation sites excluding steroid dienone is 2. The van der Waals surface area contributed by atoms with Gasteiger partial charge in [-0.3, -0.25) is 14.4 Å². The van der Waals surface area contributed by atoms with E-state index in [1.54, 1.807) is 6.07 Å². The molecular weight excluding hydrogens is 324 g/mol. The fraction of sp³-hybridized carbons (Fsp3) is 0.125. The van der Waals surface area contributed by atoms with Crippen LogP contribution in [0.4, 0.5) is 0 Å². The van der Waals surface area contributed by atoms with Gasteiger partial charge in [0.1, 0.15) is 5.92 Å². The van der Waals surface area contributed by atoms with Crippen LogP contribution in [0.2, 0.25) is 0 Å². The zero-order valence-corrected chi connectivity index (χ0v) is 12.2. The van der Waals surface area contributed by atoms with Crippen molar-refractivity contribution in [2.75, 3.05) is 0 Å². The second-order valence-corrected chi connectivity index (χ2v) is 5.78. The Labute approximate surface area is 134 Å². The van der Waals surface area contributed by atoms with Crippen molar-refractivity contribution < 1.29 is 29.4 Å². The summed E-state index contributed by atoms with van der Waals surface area (Å²) in [6.07, 6.45) is 2.19. The molecule has 7 heteroatoms. The first-order valence-electron chi connectivity index (χ1n) is 6.56. The van der Waals surface area contributed by atoms with E-state index in [9.17, 15) is 29.4 Å². The summed E-state index contributed by atoms with van der Waals surface area (Å²) in [6.45, 7) is 0. The van der Waals surface area contributed by atoms with Crippen molar-refractivity contribution in [2.45, 2.75) is 4.87 Å². The number of hydrogen-bond donors (Lipinski definition) is 2. The van der Waals surface area contributed by atoms with Crippen molar-refractivity contribution in [3.8, 4) is 0 Å². The number of carboxylic acid groups (broad SMARTS) is 2. The number of rotatable bonds is 2. The molecule has 2 atom stereocenters. The Morgan fingerprint density at radius 2 is 1.61 bits per heavy atom. The Bertz CT molecular complexity index is 850. The fourth-order valence-electron chi connectivity index (χ4n) is 2.89. The van der Waals surface area contributed by atoms with Gasteiger partial charge in [-0.2, -0.15) is 0 Å². The largest absolute Gasteiger partial charge is 0.481 e. The molecule has 0 radical (unpaired) electrons. The molecule has 0 aromatic heterocycles. The average Bonchev–Trinajstić information content (AvgIpc) is 2.51. The molecule has 0 aliphatic heterocycles. The Kier molecular flexibility index (Phi) is 3.23. The van der Waals surface area contributed by atoms with Gasteiger partial charge in [0.25, 0.3) is 0 Å². The van der Waals surface area contributed by atoms with Crippen LogP contribution in [-0.4, -0.2) is 38.6 Å². The minimum absolute atomic E-state index is 0.0157. The van der Waals surface area contributed by atoms with Gasteiger partial charge >= 0.3 is 11.9 Å². The predicted octanol–water partition coefficient (Wildman–Crippen LogP) is 1.70. The number of Topliss-reactive ketones (excluding diaryl/α,β-unsaturated/α-hetero) is 2. The van der Waals surface area contributed by atoms with Crippen molar-refractivity contribution >= 4 is 35.1 Å². The molecule has 1 aromatic carbocycles. The molecule has 1 aromatic rings. The minimum atomic E-state index is -2.53. The summed E-state index contributed by atoms with van der Waals surface area (Å²) in [6, 6.07) is 5.94. The second-order valence-electron chi connectivity index (χ2n) is 5.18. The number of carbonyl (C=O) groups is 4. The first kappa shape index (κ1) is 15.2. The van der Waals surface area contributed by atoms with Crippen LogP contribution in [0, 0.1) is 5.92 Å². The Morgan fingerprint density at radius 1 is 1.04 bits per heavy atom. The van der Waals surface area contributed by atoms with Gasteiger partial charge in [0, 0.05) is 22.3 Å². The molecule has 23 heavy (non-hydrogen) atoms. The van der Waals surface area contributed by atoms with Crippen LogP contribution in [0.1, 0.15) is 20.7 Å². The number of halogens is 1. The molecule has 116 valence electrons. The topological polar surface area (TPSA) is 109 Å². The van der Waals surface area contributed by atoms with Gasteiger partial charge in [-0.1, -0.05) is 48.0 Å². The quantitative estimate of drug-likeness (QED) is 0.798. The molecule has 3 rings (SSSR count). The molecule has 2 unspecified atom stereocenters. The minimum Gasteiger partial charge on any atom is -0.481 e. The number of carboxylic acids is 2. The van der Waals surface area contributed by atoms with Crippen LogP contribution in [-0.2, 0) is 9.59 Å². The van der Waals surface area contributed by atoms with E-state index in [2.05, 4.69) is 0 Å². The molecule has 0 bridgehead atoms. The highest BCUT2D eigenvalue weighted by Gasteiger charge is 2.57. The van der Waals surface area contributed by atoms with Gasteiger partial charge in [0.2, 0.25) is 0 Å². The molecular formula is C16H9ClO6. The lowest BCUT2D eigenvalue weighted by atomic mass is 9.70. The van der Waals surface area contributed by atoms with Gasteiger partial charge in [0.05, 0.1) is 0 Å². The normalized spacial score (nSPS) is 25.9. The van der Waals surface area contributed by atoms with E-state index in [0.29, 0.717) is 0 Å². The van der Waals surface area contributed by atoms with Crippen molar-refractivity contribution in [1.29, 1.82) is 0 Å². The summed E-state index contributed by atoms with van der Waals surface area (Å²) >= 11 is 6.11. The SMILES string of the molecule is O=C1C2=C(C(=O)c3ccccc31)C(Cl)(C(=O)O)C(C(=O)O)C=C2. The lowest BCUT2D eigenvalue weighted by molar-refractivity contribution is -0.148. The Morgan fingerprint density at radius 3 is 2.13 bits per heavy atom. The molecule has 6 nitrogen and oxygen atoms in total.